The van der Waals surface area contributed by atoms with Crippen LogP contribution in [0.25, 0.3) is 0 Å². The summed E-state index contributed by atoms with van der Waals surface area (Å²) in [5.74, 6) is -0.824. The fourth-order valence-electron chi connectivity index (χ4n) is 7.75. The van der Waals surface area contributed by atoms with Crippen LogP contribution in [0, 0.1) is 0 Å². The summed E-state index contributed by atoms with van der Waals surface area (Å²) in [4.78, 5) is 35.0. The van der Waals surface area contributed by atoms with E-state index in [0.29, 0.717) is 6.42 Å². The van der Waals surface area contributed by atoms with E-state index < -0.39 is 26.5 Å². The molecule has 0 radical (unpaired) electrons. The molecule has 0 aromatic heterocycles. The van der Waals surface area contributed by atoms with E-state index in [0.717, 1.165) is 51.4 Å². The molecule has 3 N–H and O–H groups in total. The second kappa shape index (κ2) is 48.2. The molecule has 0 aromatic rings. The van der Waals surface area contributed by atoms with Crippen molar-refractivity contribution in [3.05, 3.63) is 12.2 Å². The predicted octanol–water partition coefficient (Wildman–Crippen LogP) is 15.7. The molecular weight excluding hydrogens is 786 g/mol. The highest BCUT2D eigenvalue weighted by molar-refractivity contribution is 7.47. The van der Waals surface area contributed by atoms with Gasteiger partial charge in [-0.2, -0.15) is 0 Å². The molecule has 2 atom stereocenters. The number of carbonyl (C=O) groups excluding carboxylic acids is 2. The first-order valence-electron chi connectivity index (χ1n) is 26.2. The van der Waals surface area contributed by atoms with Crippen LogP contribution in [-0.2, 0) is 32.7 Å². The van der Waals surface area contributed by atoms with Crippen molar-refractivity contribution in [1.29, 1.82) is 0 Å². The Morgan fingerprint density at radius 1 is 0.475 bits per heavy atom. The van der Waals surface area contributed by atoms with Crippen LogP contribution in [0.4, 0.5) is 0 Å². The number of ether oxygens (including phenoxy) is 2. The van der Waals surface area contributed by atoms with Crippen molar-refractivity contribution in [3.8, 4) is 0 Å². The van der Waals surface area contributed by atoms with E-state index in [2.05, 4.69) is 26.0 Å². The summed E-state index contributed by atoms with van der Waals surface area (Å²) in [5, 5.41) is 0. The number of unbranched alkanes of at least 4 members (excludes halogenated alkanes) is 35. The Morgan fingerprint density at radius 3 is 1.18 bits per heavy atom. The van der Waals surface area contributed by atoms with E-state index in [1.807, 2.05) is 0 Å². The first-order valence-corrected chi connectivity index (χ1v) is 27.7. The predicted molar refractivity (Wildman–Crippen MR) is 257 cm³/mol. The molecule has 0 bridgehead atoms. The van der Waals surface area contributed by atoms with Crippen LogP contribution in [0.3, 0.4) is 0 Å². The minimum atomic E-state index is -4.38. The lowest BCUT2D eigenvalue weighted by Crippen LogP contribution is -2.29. The normalized spacial score (nSPS) is 13.2. The van der Waals surface area contributed by atoms with Crippen LogP contribution in [0.15, 0.2) is 12.2 Å². The average molecular weight is 886 g/mol. The van der Waals surface area contributed by atoms with Gasteiger partial charge in [0.05, 0.1) is 13.2 Å². The monoisotopic (exact) mass is 886 g/mol. The summed E-state index contributed by atoms with van der Waals surface area (Å²) in [5.41, 5.74) is 5.36. The number of hydrogen-bond acceptors (Lipinski definition) is 8. The molecule has 0 aliphatic rings. The number of carbonyl (C=O) groups is 2. The number of phosphoric ester groups is 1. The van der Waals surface area contributed by atoms with Gasteiger partial charge in [-0.1, -0.05) is 231 Å². The molecule has 0 saturated carbocycles. The molecule has 0 spiro atoms. The topological polar surface area (TPSA) is 134 Å². The molecule has 0 aromatic carbocycles. The number of nitrogens with two attached hydrogens (primary N) is 1. The second-order valence-corrected chi connectivity index (χ2v) is 19.2. The van der Waals surface area contributed by atoms with Crippen molar-refractivity contribution < 1.29 is 37.6 Å². The van der Waals surface area contributed by atoms with E-state index in [9.17, 15) is 19.0 Å². The lowest BCUT2D eigenvalue weighted by Gasteiger charge is -2.19. The van der Waals surface area contributed by atoms with Crippen LogP contribution < -0.4 is 5.73 Å². The largest absolute Gasteiger partial charge is 0.472 e. The van der Waals surface area contributed by atoms with Crippen LogP contribution in [0.2, 0.25) is 0 Å². The van der Waals surface area contributed by atoms with Gasteiger partial charge < -0.3 is 20.1 Å². The van der Waals surface area contributed by atoms with Gasteiger partial charge in [-0.25, -0.2) is 4.57 Å². The molecule has 9 nitrogen and oxygen atoms in total. The molecule has 0 rings (SSSR count). The van der Waals surface area contributed by atoms with E-state index in [1.54, 1.807) is 0 Å². The van der Waals surface area contributed by atoms with Gasteiger partial charge in [0.1, 0.15) is 6.61 Å². The Morgan fingerprint density at radius 2 is 0.803 bits per heavy atom. The highest BCUT2D eigenvalue weighted by Gasteiger charge is 2.26. The Balaban J connectivity index is 3.88. The van der Waals surface area contributed by atoms with Gasteiger partial charge in [0.15, 0.2) is 6.10 Å². The third-order valence-electron chi connectivity index (χ3n) is 11.7. The molecule has 2 unspecified atom stereocenters. The SMILES string of the molecule is CCCCCC/C=C\CCCCCCCC(=O)OC(COC(=O)CCCCCCCCCCCCCCCCCCCCCCCCCCCCC)COP(=O)(O)OCCN. The van der Waals surface area contributed by atoms with Crippen LogP contribution in [0.1, 0.15) is 271 Å². The number of rotatable bonds is 50. The summed E-state index contributed by atoms with van der Waals surface area (Å²) in [7, 11) is -4.38. The Bertz CT molecular complexity index is 1010. The van der Waals surface area contributed by atoms with Crippen LogP contribution in [-0.4, -0.2) is 49.3 Å². The third kappa shape index (κ3) is 48.1. The van der Waals surface area contributed by atoms with Crippen molar-refractivity contribution in [3.63, 3.8) is 0 Å². The highest BCUT2D eigenvalue weighted by atomic mass is 31.2. The molecule has 10 heteroatoms. The summed E-state index contributed by atoms with van der Waals surface area (Å²) in [6.45, 7) is 3.76. The lowest BCUT2D eigenvalue weighted by atomic mass is 10.0. The van der Waals surface area contributed by atoms with Gasteiger partial charge in [-0.15, -0.1) is 0 Å². The van der Waals surface area contributed by atoms with E-state index in [-0.39, 0.29) is 38.6 Å². The summed E-state index contributed by atoms with van der Waals surface area (Å²) < 4.78 is 32.9. The quantitative estimate of drug-likeness (QED) is 0.0265. The van der Waals surface area contributed by atoms with Crippen LogP contribution in [0.5, 0.6) is 0 Å². The van der Waals surface area contributed by atoms with Gasteiger partial charge in [0.2, 0.25) is 0 Å². The van der Waals surface area contributed by atoms with E-state index >= 15 is 0 Å². The van der Waals surface area contributed by atoms with Gasteiger partial charge >= 0.3 is 19.8 Å². The molecule has 61 heavy (non-hydrogen) atoms. The second-order valence-electron chi connectivity index (χ2n) is 17.8. The Labute approximate surface area is 377 Å². The number of phosphoric acid groups is 1. The van der Waals surface area contributed by atoms with Crippen molar-refractivity contribution in [1.82, 2.24) is 0 Å². The summed E-state index contributed by atoms with van der Waals surface area (Å²) >= 11 is 0. The Hall–Kier alpha value is -1.25. The maximum atomic E-state index is 12.6. The van der Waals surface area contributed by atoms with Crippen molar-refractivity contribution in [2.75, 3.05) is 26.4 Å². The maximum Gasteiger partial charge on any atom is 0.472 e. The first-order chi connectivity index (χ1) is 29.8. The highest BCUT2D eigenvalue weighted by Crippen LogP contribution is 2.43. The van der Waals surface area contributed by atoms with Crippen molar-refractivity contribution >= 4 is 19.8 Å². The molecule has 0 amide bonds. The number of esters is 2. The minimum Gasteiger partial charge on any atom is -0.462 e. The standard InChI is InChI=1S/C51H100NO8P/c1-3-5-7-9-11-13-15-17-18-19-20-21-22-23-24-25-26-27-28-29-30-32-33-35-37-39-41-43-50(53)57-47-49(48-59-61(55,56)58-46-45-52)60-51(54)44-42-40-38-36-34-31-16-14-12-10-8-6-4-2/h14,16,49H,3-13,15,17-48,52H2,1-2H3,(H,55,56)/b16-14-. The van der Waals surface area contributed by atoms with Gasteiger partial charge in [0, 0.05) is 19.4 Å². The minimum absolute atomic E-state index is 0.0550. The van der Waals surface area contributed by atoms with E-state index in [4.69, 9.17) is 24.3 Å². The van der Waals surface area contributed by atoms with Crippen LogP contribution >= 0.6 is 7.82 Å². The average Bonchev–Trinajstić information content (AvgIpc) is 3.25. The van der Waals surface area contributed by atoms with Gasteiger partial charge in [-0.3, -0.25) is 18.6 Å². The van der Waals surface area contributed by atoms with E-state index in [1.165, 1.54) is 186 Å². The molecule has 0 heterocycles. The molecular formula is C51H100NO8P. The fourth-order valence-corrected chi connectivity index (χ4v) is 8.52. The zero-order valence-corrected chi connectivity index (χ0v) is 41.1. The smallest absolute Gasteiger partial charge is 0.462 e. The van der Waals surface area contributed by atoms with Crippen molar-refractivity contribution in [2.24, 2.45) is 5.73 Å². The lowest BCUT2D eigenvalue weighted by molar-refractivity contribution is -0.161. The third-order valence-corrected chi connectivity index (χ3v) is 12.6. The Kier molecular flexibility index (Phi) is 47.2. The number of allylic oxidation sites excluding steroid dienone is 2. The fraction of sp³-hybridized carbons (Fsp3) is 0.922. The molecule has 0 aliphatic carbocycles. The number of hydrogen-bond donors (Lipinski definition) is 2. The zero-order valence-electron chi connectivity index (χ0n) is 40.2. The van der Waals surface area contributed by atoms with Gasteiger partial charge in [0.25, 0.3) is 0 Å². The maximum absolute atomic E-state index is 12.6. The zero-order chi connectivity index (χ0) is 44.6. The molecule has 0 fully saturated rings. The molecule has 362 valence electrons. The van der Waals surface area contributed by atoms with Gasteiger partial charge in [-0.05, 0) is 38.5 Å². The first kappa shape index (κ1) is 59.8. The van der Waals surface area contributed by atoms with Crippen molar-refractivity contribution in [2.45, 2.75) is 277 Å². The molecule has 0 saturated heterocycles. The summed E-state index contributed by atoms with van der Waals surface area (Å²) in [6, 6.07) is 0. The molecule has 0 aliphatic heterocycles. The summed E-state index contributed by atoms with van der Waals surface area (Å²) in [6.07, 6.45) is 52.7.